The summed E-state index contributed by atoms with van der Waals surface area (Å²) in [5, 5.41) is 34.4. The van der Waals surface area contributed by atoms with Gasteiger partial charge >= 0.3 is 30.9 Å². The Kier molecular flexibility index (Phi) is 7.42. The van der Waals surface area contributed by atoms with E-state index in [0.29, 0.717) is 17.0 Å². The van der Waals surface area contributed by atoms with Gasteiger partial charge in [0.15, 0.2) is 0 Å². The van der Waals surface area contributed by atoms with Crippen LogP contribution in [0.5, 0.6) is 5.75 Å². The molecule has 14 heteroatoms. The number of nitrogens with one attached hydrogen (secondary N) is 2. The van der Waals surface area contributed by atoms with Crippen LogP contribution in [0.15, 0.2) is 18.2 Å². The third-order valence-corrected chi connectivity index (χ3v) is 5.66. The Bertz CT molecular complexity index is 1020. The van der Waals surface area contributed by atoms with Gasteiger partial charge in [0.2, 0.25) is 5.91 Å². The van der Waals surface area contributed by atoms with Gasteiger partial charge in [0.1, 0.15) is 11.8 Å². The minimum atomic E-state index is -1.59. The molecule has 0 radical (unpaired) electrons. The van der Waals surface area contributed by atoms with Gasteiger partial charge in [-0.3, -0.25) is 19.3 Å². The number of rotatable bonds is 6. The van der Waals surface area contributed by atoms with E-state index in [4.69, 9.17) is 4.65 Å². The molecule has 2 aliphatic rings. The normalized spacial score (nSPS) is 19.6. The Labute approximate surface area is 194 Å². The molecule has 5 amide bonds. The van der Waals surface area contributed by atoms with E-state index in [1.807, 2.05) is 0 Å². The van der Waals surface area contributed by atoms with Crippen molar-refractivity contribution >= 4 is 36.8 Å². The van der Waals surface area contributed by atoms with Crippen molar-refractivity contribution in [2.24, 2.45) is 0 Å². The van der Waals surface area contributed by atoms with Crippen LogP contribution in [-0.4, -0.2) is 99.6 Å². The van der Waals surface area contributed by atoms with Gasteiger partial charge in [0.25, 0.3) is 0 Å². The number of benzene rings is 1. The molecule has 3 rings (SSSR count). The maximum atomic E-state index is 12.8. The molecule has 1 aromatic carbocycles. The average Bonchev–Trinajstić information content (AvgIpc) is 2.78. The summed E-state index contributed by atoms with van der Waals surface area (Å²) in [6.07, 6.45) is -1.37. The van der Waals surface area contributed by atoms with Crippen LogP contribution in [0, 0.1) is 0 Å². The summed E-state index contributed by atoms with van der Waals surface area (Å²) < 4.78 is 5.32. The topological polar surface area (TPSA) is 186 Å². The number of imide groups is 1. The molecule has 3 atom stereocenters. The molecular weight excluding hydrogens is 451 g/mol. The summed E-state index contributed by atoms with van der Waals surface area (Å²) in [5.74, 6) is -5.03. The largest absolute Gasteiger partial charge is 0.547 e. The highest BCUT2D eigenvalue weighted by Crippen LogP contribution is 2.30. The van der Waals surface area contributed by atoms with Gasteiger partial charge in [-0.25, -0.2) is 9.59 Å². The fourth-order valence-corrected chi connectivity index (χ4v) is 3.77. The maximum Gasteiger partial charge on any atom is 0.547 e. The minimum absolute atomic E-state index is 0.0113. The van der Waals surface area contributed by atoms with Gasteiger partial charge in [-0.15, -0.1) is 0 Å². The first kappa shape index (κ1) is 25.0. The van der Waals surface area contributed by atoms with Crippen molar-refractivity contribution in [2.45, 2.75) is 38.4 Å². The second-order valence-electron chi connectivity index (χ2n) is 7.94. The second kappa shape index (κ2) is 10.1. The van der Waals surface area contributed by atoms with Crippen LogP contribution >= 0.6 is 0 Å². The molecule has 2 aliphatic heterocycles. The smallest absolute Gasteiger partial charge is 0.534 e. The molecule has 34 heavy (non-hydrogen) atoms. The van der Waals surface area contributed by atoms with Crippen LogP contribution in [0.2, 0.25) is 0 Å². The molecule has 5 N–H and O–H groups in total. The Morgan fingerprint density at radius 2 is 1.94 bits per heavy atom. The monoisotopic (exact) mass is 476 g/mol. The van der Waals surface area contributed by atoms with Crippen LogP contribution in [0.1, 0.15) is 29.8 Å². The molecule has 0 saturated carbocycles. The molecular formula is C20H25BN4O9. The molecule has 0 aliphatic carbocycles. The van der Waals surface area contributed by atoms with Crippen molar-refractivity contribution < 1.29 is 43.9 Å². The highest BCUT2D eigenvalue weighted by Gasteiger charge is 2.41. The van der Waals surface area contributed by atoms with Gasteiger partial charge in [0, 0.05) is 19.6 Å². The molecule has 0 bridgehead atoms. The van der Waals surface area contributed by atoms with E-state index >= 15 is 0 Å². The number of hydrogen-bond donors (Lipinski definition) is 5. The zero-order valence-electron chi connectivity index (χ0n) is 18.6. The predicted octanol–water partition coefficient (Wildman–Crippen LogP) is -2.03. The van der Waals surface area contributed by atoms with E-state index < -0.39 is 54.9 Å². The van der Waals surface area contributed by atoms with Crippen molar-refractivity contribution in [3.63, 3.8) is 0 Å². The minimum Gasteiger partial charge on any atom is -0.534 e. The summed E-state index contributed by atoms with van der Waals surface area (Å²) in [7, 11) is -1.59. The Morgan fingerprint density at radius 1 is 1.24 bits per heavy atom. The SMILES string of the molecule is CCN1CCN(C(=O)N[C@@H](C(=O)N[C@H]2Cc3cccc(C(=O)O)c3OB2O)[C@@H](C)O)C(=O)C1=O. The zero-order chi connectivity index (χ0) is 25.2. The fraction of sp³-hybridized carbons (Fsp3) is 0.450. The number of piperazine rings is 1. The van der Waals surface area contributed by atoms with Crippen molar-refractivity contribution in [3.8, 4) is 5.75 Å². The molecule has 0 spiro atoms. The highest BCUT2D eigenvalue weighted by atomic mass is 16.5. The van der Waals surface area contributed by atoms with E-state index in [-0.39, 0.29) is 30.8 Å². The average molecular weight is 476 g/mol. The number of amides is 5. The standard InChI is InChI=1S/C20H25BN4O9/c1-3-24-7-8-25(18(29)17(24)28)20(32)23-14(10(2)26)16(27)22-13-9-11-5-4-6-12(19(30)31)15(11)34-21(13)33/h4-6,10,13-14,26,33H,3,7-9H2,1-2H3,(H,22,27)(H,23,32)(H,30,31)/t10-,13+,14-/m1/s1. The number of carboxylic acid groups (broad SMARTS) is 1. The predicted molar refractivity (Wildman–Crippen MR) is 116 cm³/mol. The number of carbonyl (C=O) groups is 5. The van der Waals surface area contributed by atoms with Crippen LogP contribution in [0.3, 0.4) is 0 Å². The number of aromatic carboxylic acids is 1. The number of fused-ring (bicyclic) bond motifs is 1. The van der Waals surface area contributed by atoms with Crippen LogP contribution in [0.25, 0.3) is 0 Å². The Hall–Kier alpha value is -3.65. The number of para-hydroxylation sites is 1. The molecule has 182 valence electrons. The first-order chi connectivity index (χ1) is 16.0. The molecule has 13 nitrogen and oxygen atoms in total. The summed E-state index contributed by atoms with van der Waals surface area (Å²) in [5.41, 5.74) is 0.295. The molecule has 2 heterocycles. The summed E-state index contributed by atoms with van der Waals surface area (Å²) in [4.78, 5) is 63.0. The van der Waals surface area contributed by atoms with E-state index in [2.05, 4.69) is 10.6 Å². The van der Waals surface area contributed by atoms with Gasteiger partial charge < -0.3 is 35.4 Å². The zero-order valence-corrected chi connectivity index (χ0v) is 18.6. The number of carbonyl (C=O) groups excluding carboxylic acids is 4. The van der Waals surface area contributed by atoms with Crippen molar-refractivity contribution in [1.29, 1.82) is 0 Å². The fourth-order valence-electron chi connectivity index (χ4n) is 3.77. The van der Waals surface area contributed by atoms with Crippen LogP contribution < -0.4 is 15.3 Å². The number of hydrogen-bond acceptors (Lipinski definition) is 8. The lowest BCUT2D eigenvalue weighted by atomic mass is 9.72. The lowest BCUT2D eigenvalue weighted by Gasteiger charge is -2.33. The van der Waals surface area contributed by atoms with E-state index in [1.54, 1.807) is 13.0 Å². The Morgan fingerprint density at radius 3 is 2.56 bits per heavy atom. The lowest BCUT2D eigenvalue weighted by molar-refractivity contribution is -0.153. The van der Waals surface area contributed by atoms with Crippen molar-refractivity contribution in [1.82, 2.24) is 20.4 Å². The van der Waals surface area contributed by atoms with E-state index in [1.165, 1.54) is 24.0 Å². The van der Waals surface area contributed by atoms with E-state index in [0.717, 1.165) is 0 Å². The number of aliphatic hydroxyl groups excluding tert-OH is 1. The number of urea groups is 1. The number of aliphatic hydroxyl groups is 1. The first-order valence-corrected chi connectivity index (χ1v) is 10.6. The number of likely N-dealkylation sites (N-methyl/N-ethyl adjacent to an activating group) is 1. The maximum absolute atomic E-state index is 12.8. The molecule has 1 aromatic rings. The highest BCUT2D eigenvalue weighted by molar-refractivity contribution is 6.47. The van der Waals surface area contributed by atoms with Gasteiger partial charge in [0.05, 0.1) is 17.6 Å². The van der Waals surface area contributed by atoms with E-state index in [9.17, 15) is 39.2 Å². The molecule has 0 aromatic heterocycles. The first-order valence-electron chi connectivity index (χ1n) is 10.6. The number of nitrogens with zero attached hydrogens (tertiary/aromatic N) is 2. The van der Waals surface area contributed by atoms with Crippen molar-refractivity contribution in [3.05, 3.63) is 29.3 Å². The number of carboxylic acids is 1. The van der Waals surface area contributed by atoms with Gasteiger partial charge in [-0.05, 0) is 31.9 Å². The van der Waals surface area contributed by atoms with Gasteiger partial charge in [-0.1, -0.05) is 12.1 Å². The summed E-state index contributed by atoms with van der Waals surface area (Å²) in [6.45, 7) is 3.31. The molecule has 0 unspecified atom stereocenters. The second-order valence-corrected chi connectivity index (χ2v) is 7.94. The lowest BCUT2D eigenvalue weighted by Crippen LogP contribution is -2.63. The quantitative estimate of drug-likeness (QED) is 0.228. The third-order valence-electron chi connectivity index (χ3n) is 5.66. The summed E-state index contributed by atoms with van der Waals surface area (Å²) in [6, 6.07) is 1.86. The summed E-state index contributed by atoms with van der Waals surface area (Å²) >= 11 is 0. The van der Waals surface area contributed by atoms with Crippen molar-refractivity contribution in [2.75, 3.05) is 19.6 Å². The van der Waals surface area contributed by atoms with Crippen LogP contribution in [0.4, 0.5) is 4.79 Å². The Balaban J connectivity index is 1.69. The van der Waals surface area contributed by atoms with Gasteiger partial charge in [-0.2, -0.15) is 0 Å². The van der Waals surface area contributed by atoms with Crippen LogP contribution in [-0.2, 0) is 20.8 Å². The molecule has 1 fully saturated rings. The third kappa shape index (κ3) is 4.97. The molecule has 1 saturated heterocycles.